The quantitative estimate of drug-likeness (QED) is 0.491. The normalized spacial score (nSPS) is 15.3. The summed E-state index contributed by atoms with van der Waals surface area (Å²) in [6.07, 6.45) is 1.74. The third kappa shape index (κ3) is 4.42. The van der Waals surface area contributed by atoms with Gasteiger partial charge in [-0.2, -0.15) is 0 Å². The second-order valence-electron chi connectivity index (χ2n) is 7.86. The number of nitrogens with zero attached hydrogens (tertiary/aromatic N) is 2. The Balaban J connectivity index is 1.92. The molecule has 0 aliphatic carbocycles. The van der Waals surface area contributed by atoms with Crippen molar-refractivity contribution in [3.63, 3.8) is 0 Å². The molecule has 2 aromatic carbocycles. The number of aromatic nitrogens is 1. The molecule has 2 heterocycles. The molecule has 0 amide bonds. The molecule has 1 aliphatic rings. The number of ketones is 1. The Morgan fingerprint density at radius 3 is 2.37 bits per heavy atom. The van der Waals surface area contributed by atoms with E-state index in [-0.39, 0.29) is 11.3 Å². The number of allylic oxidation sites excluding steroid dienone is 2. The topological polar surface area (TPSA) is 96.2 Å². The number of fused-ring (bicyclic) bond motifs is 1. The van der Waals surface area contributed by atoms with Crippen LogP contribution in [0.25, 0.3) is 6.08 Å². The average Bonchev–Trinajstić information content (AvgIpc) is 3.16. The van der Waals surface area contributed by atoms with Crippen molar-refractivity contribution in [2.24, 2.45) is 4.99 Å². The summed E-state index contributed by atoms with van der Waals surface area (Å²) >= 11 is 1.23. The van der Waals surface area contributed by atoms with Gasteiger partial charge in [-0.25, -0.2) is 9.79 Å². The van der Waals surface area contributed by atoms with E-state index in [1.54, 1.807) is 62.6 Å². The molecule has 3 aromatic rings. The molecule has 0 spiro atoms. The molecular weight excluding hydrogens is 468 g/mol. The highest BCUT2D eigenvalue weighted by molar-refractivity contribution is 7.07. The summed E-state index contributed by atoms with van der Waals surface area (Å²) < 4.78 is 17.6. The first kappa shape index (κ1) is 24.2. The fourth-order valence-electron chi connectivity index (χ4n) is 4.09. The van der Waals surface area contributed by atoms with Crippen LogP contribution < -0.4 is 24.4 Å². The van der Waals surface area contributed by atoms with Crippen molar-refractivity contribution in [1.29, 1.82) is 0 Å². The van der Waals surface area contributed by atoms with Crippen LogP contribution in [0, 0.1) is 0 Å². The van der Waals surface area contributed by atoms with E-state index < -0.39 is 12.0 Å². The van der Waals surface area contributed by atoms with E-state index in [2.05, 4.69) is 4.99 Å². The molecule has 4 rings (SSSR count). The zero-order chi connectivity index (χ0) is 25.3. The fraction of sp³-hybridized carbons (Fsp3) is 0.231. The number of carbonyl (C=O) groups is 2. The molecule has 1 aliphatic heterocycles. The van der Waals surface area contributed by atoms with Gasteiger partial charge in [0.1, 0.15) is 11.5 Å². The smallest absolute Gasteiger partial charge is 0.337 e. The van der Waals surface area contributed by atoms with Gasteiger partial charge in [-0.15, -0.1) is 0 Å². The van der Waals surface area contributed by atoms with Gasteiger partial charge < -0.3 is 14.2 Å². The second kappa shape index (κ2) is 9.71. The number of ether oxygens (including phenoxy) is 3. The van der Waals surface area contributed by atoms with Crippen LogP contribution in [0.3, 0.4) is 0 Å². The second-order valence-corrected chi connectivity index (χ2v) is 8.87. The van der Waals surface area contributed by atoms with Gasteiger partial charge in [-0.1, -0.05) is 23.5 Å². The summed E-state index contributed by atoms with van der Waals surface area (Å²) in [5.74, 6) is 0.479. The Bertz CT molecular complexity index is 1530. The Kier molecular flexibility index (Phi) is 6.70. The Hall–Kier alpha value is -3.98. The van der Waals surface area contributed by atoms with Gasteiger partial charge in [-0.05, 0) is 49.8 Å². The van der Waals surface area contributed by atoms with E-state index >= 15 is 0 Å². The van der Waals surface area contributed by atoms with Gasteiger partial charge in [0.05, 0.1) is 37.5 Å². The molecule has 8 nitrogen and oxygen atoms in total. The van der Waals surface area contributed by atoms with Gasteiger partial charge >= 0.3 is 5.97 Å². The maximum absolute atomic E-state index is 13.6. The first-order valence-electron chi connectivity index (χ1n) is 10.7. The average molecular weight is 493 g/mol. The van der Waals surface area contributed by atoms with Crippen LogP contribution in [0.15, 0.2) is 63.5 Å². The monoisotopic (exact) mass is 492 g/mol. The summed E-state index contributed by atoms with van der Waals surface area (Å²) in [6, 6.07) is 11.3. The van der Waals surface area contributed by atoms with Gasteiger partial charge in [-0.3, -0.25) is 14.2 Å². The van der Waals surface area contributed by atoms with Crippen LogP contribution in [0.2, 0.25) is 0 Å². The molecule has 1 aromatic heterocycles. The van der Waals surface area contributed by atoms with Gasteiger partial charge in [0.2, 0.25) is 0 Å². The lowest BCUT2D eigenvalue weighted by Crippen LogP contribution is -2.39. The van der Waals surface area contributed by atoms with E-state index in [0.29, 0.717) is 43.2 Å². The summed E-state index contributed by atoms with van der Waals surface area (Å²) in [7, 11) is 4.41. The van der Waals surface area contributed by atoms with Crippen molar-refractivity contribution < 1.29 is 23.8 Å². The summed E-state index contributed by atoms with van der Waals surface area (Å²) in [5, 5.41) is 0. The maximum Gasteiger partial charge on any atom is 0.337 e. The molecule has 9 heteroatoms. The van der Waals surface area contributed by atoms with E-state index in [1.807, 2.05) is 0 Å². The molecule has 0 saturated heterocycles. The molecule has 0 fully saturated rings. The molecule has 180 valence electrons. The molecule has 1 atom stereocenters. The molecule has 35 heavy (non-hydrogen) atoms. The van der Waals surface area contributed by atoms with Crippen molar-refractivity contribution in [2.45, 2.75) is 19.9 Å². The number of carbonyl (C=O) groups excluding carboxylic acids is 2. The molecule has 0 radical (unpaired) electrons. The minimum atomic E-state index is -0.701. The molecular formula is C26H24N2O6S. The van der Waals surface area contributed by atoms with E-state index in [4.69, 9.17) is 14.2 Å². The largest absolute Gasteiger partial charge is 0.497 e. The van der Waals surface area contributed by atoms with Crippen molar-refractivity contribution >= 4 is 29.2 Å². The number of thiazole rings is 1. The van der Waals surface area contributed by atoms with Crippen molar-refractivity contribution in [3.05, 3.63) is 90.1 Å². The number of hydrogen-bond acceptors (Lipinski definition) is 8. The minimum absolute atomic E-state index is 0.179. The summed E-state index contributed by atoms with van der Waals surface area (Å²) in [5.41, 5.74) is 2.51. The summed E-state index contributed by atoms with van der Waals surface area (Å²) in [4.78, 5) is 43.1. The third-order valence-electron chi connectivity index (χ3n) is 5.77. The highest BCUT2D eigenvalue weighted by Crippen LogP contribution is 2.37. The molecule has 0 bridgehead atoms. The van der Waals surface area contributed by atoms with Crippen molar-refractivity contribution in [2.75, 3.05) is 21.3 Å². The highest BCUT2D eigenvalue weighted by Gasteiger charge is 2.32. The Morgan fingerprint density at radius 1 is 1.06 bits per heavy atom. The number of rotatable bonds is 6. The van der Waals surface area contributed by atoms with E-state index in [0.717, 1.165) is 5.56 Å². The molecule has 1 unspecified atom stereocenters. The number of benzene rings is 2. The van der Waals surface area contributed by atoms with Crippen LogP contribution >= 0.6 is 11.3 Å². The van der Waals surface area contributed by atoms with Gasteiger partial charge in [0.25, 0.3) is 5.56 Å². The van der Waals surface area contributed by atoms with Crippen LogP contribution in [-0.4, -0.2) is 37.6 Å². The van der Waals surface area contributed by atoms with Gasteiger partial charge in [0.15, 0.2) is 10.6 Å². The first-order valence-corrected chi connectivity index (χ1v) is 11.5. The Labute approximate surface area is 205 Å². The number of methoxy groups -OCH3 is 3. The molecule has 0 saturated carbocycles. The predicted molar refractivity (Wildman–Crippen MR) is 132 cm³/mol. The van der Waals surface area contributed by atoms with Crippen molar-refractivity contribution in [3.8, 4) is 11.5 Å². The van der Waals surface area contributed by atoms with Crippen LogP contribution in [-0.2, 0) is 9.53 Å². The van der Waals surface area contributed by atoms with Crippen LogP contribution in [0.1, 0.15) is 41.4 Å². The minimum Gasteiger partial charge on any atom is -0.497 e. The third-order valence-corrected chi connectivity index (χ3v) is 6.75. The zero-order valence-electron chi connectivity index (χ0n) is 19.9. The van der Waals surface area contributed by atoms with Crippen molar-refractivity contribution in [1.82, 2.24) is 4.57 Å². The lowest BCUT2D eigenvalue weighted by Gasteiger charge is -2.26. The van der Waals surface area contributed by atoms with Crippen LogP contribution in [0.4, 0.5) is 0 Å². The van der Waals surface area contributed by atoms with E-state index in [1.165, 1.54) is 37.0 Å². The first-order chi connectivity index (χ1) is 16.8. The number of Topliss-reactive ketones (excluding diaryl/α,β-unsaturated/α-hetero) is 1. The Morgan fingerprint density at radius 2 is 1.77 bits per heavy atom. The lowest BCUT2D eigenvalue weighted by atomic mass is 9.92. The van der Waals surface area contributed by atoms with Crippen LogP contribution in [0.5, 0.6) is 11.5 Å². The standard InChI is InChI=1S/C26H24N2O6S/c1-14-22(15(2)29)23(19-11-10-18(32-3)13-20(19)33-4)28-24(30)21(35-26(28)27-14)12-16-6-8-17(9-7-16)25(31)34-5/h6-13,23H,1-5H3. The predicted octanol–water partition coefficient (Wildman–Crippen LogP) is 2.63. The number of esters is 1. The highest BCUT2D eigenvalue weighted by atomic mass is 32.1. The van der Waals surface area contributed by atoms with Gasteiger partial charge in [0, 0.05) is 22.9 Å². The zero-order valence-corrected chi connectivity index (χ0v) is 20.8. The maximum atomic E-state index is 13.6. The lowest BCUT2D eigenvalue weighted by molar-refractivity contribution is -0.114. The molecule has 0 N–H and O–H groups in total. The fourth-order valence-corrected chi connectivity index (χ4v) is 5.14. The number of hydrogen-bond donors (Lipinski definition) is 0. The SMILES string of the molecule is COC(=O)c1ccc(C=c2sc3n(c2=O)C(c2ccc(OC)cc2OC)C(C(C)=O)=C(C)N=3)cc1. The van der Waals surface area contributed by atoms with E-state index in [9.17, 15) is 14.4 Å². The summed E-state index contributed by atoms with van der Waals surface area (Å²) in [6.45, 7) is 3.23.